The maximum absolute atomic E-state index is 12.6. The lowest BCUT2D eigenvalue weighted by Gasteiger charge is -2.40. The Kier molecular flexibility index (Phi) is 3.31. The summed E-state index contributed by atoms with van der Waals surface area (Å²) in [5.41, 5.74) is 2.51. The van der Waals surface area contributed by atoms with E-state index in [0.29, 0.717) is 6.54 Å². The van der Waals surface area contributed by atoms with Crippen molar-refractivity contribution in [2.45, 2.75) is 38.2 Å². The number of benzene rings is 1. The average Bonchev–Trinajstić information content (AvgIpc) is 2.40. The van der Waals surface area contributed by atoms with Gasteiger partial charge in [-0.15, -0.1) is 0 Å². The number of hydrogen-bond acceptors (Lipinski definition) is 2. The first-order valence-electron chi connectivity index (χ1n) is 7.25. The highest BCUT2D eigenvalue weighted by Crippen LogP contribution is 2.37. The van der Waals surface area contributed by atoms with Crippen LogP contribution in [0.5, 0.6) is 0 Å². The molecule has 1 fully saturated rings. The molecule has 102 valence electrons. The van der Waals surface area contributed by atoms with Crippen molar-refractivity contribution in [2.24, 2.45) is 5.92 Å². The van der Waals surface area contributed by atoms with Crippen LogP contribution < -0.4 is 0 Å². The standard InChI is InChI=1S/C16H21NO2/c1-2-11-10-17(8-7-15(11)18)16(19)14-9-12-5-3-4-6-13(12)14/h3-6,11,14-15,18H,2,7-10H2,1H3. The number of piperidine rings is 1. The number of carbonyl (C=O) groups is 1. The number of aliphatic hydroxyl groups excluding tert-OH is 1. The minimum absolute atomic E-state index is 0.0592. The molecular formula is C16H21NO2. The van der Waals surface area contributed by atoms with Gasteiger partial charge in [0.25, 0.3) is 0 Å². The molecule has 1 aromatic carbocycles. The van der Waals surface area contributed by atoms with Gasteiger partial charge in [-0.25, -0.2) is 0 Å². The molecule has 0 bridgehead atoms. The number of rotatable bonds is 2. The summed E-state index contributed by atoms with van der Waals surface area (Å²) in [7, 11) is 0. The summed E-state index contributed by atoms with van der Waals surface area (Å²) in [5.74, 6) is 0.556. The summed E-state index contributed by atoms with van der Waals surface area (Å²) in [5, 5.41) is 9.90. The first-order valence-corrected chi connectivity index (χ1v) is 7.25. The van der Waals surface area contributed by atoms with Crippen LogP contribution in [-0.4, -0.2) is 35.1 Å². The minimum Gasteiger partial charge on any atom is -0.393 e. The third kappa shape index (κ3) is 2.16. The molecule has 3 heteroatoms. The van der Waals surface area contributed by atoms with Crippen molar-refractivity contribution in [2.75, 3.05) is 13.1 Å². The van der Waals surface area contributed by atoms with Crippen LogP contribution in [0, 0.1) is 5.92 Å². The van der Waals surface area contributed by atoms with Crippen molar-refractivity contribution in [1.82, 2.24) is 4.90 Å². The van der Waals surface area contributed by atoms with Crippen LogP contribution in [0.2, 0.25) is 0 Å². The number of carbonyl (C=O) groups excluding carboxylic acids is 1. The van der Waals surface area contributed by atoms with E-state index in [2.05, 4.69) is 19.1 Å². The van der Waals surface area contributed by atoms with E-state index in [1.54, 1.807) is 0 Å². The highest BCUT2D eigenvalue weighted by Gasteiger charge is 2.37. The monoisotopic (exact) mass is 259 g/mol. The molecule has 1 aromatic rings. The van der Waals surface area contributed by atoms with Gasteiger partial charge in [-0.05, 0) is 30.4 Å². The Labute approximate surface area is 114 Å². The number of fused-ring (bicyclic) bond motifs is 1. The van der Waals surface area contributed by atoms with Gasteiger partial charge in [-0.2, -0.15) is 0 Å². The molecule has 0 aromatic heterocycles. The Balaban J connectivity index is 1.69. The van der Waals surface area contributed by atoms with Gasteiger partial charge in [0, 0.05) is 19.0 Å². The van der Waals surface area contributed by atoms with Gasteiger partial charge in [-0.3, -0.25) is 4.79 Å². The van der Waals surface area contributed by atoms with Gasteiger partial charge in [0.1, 0.15) is 0 Å². The third-order valence-electron chi connectivity index (χ3n) is 4.68. The van der Waals surface area contributed by atoms with Crippen molar-refractivity contribution in [3.63, 3.8) is 0 Å². The molecule has 1 N–H and O–H groups in total. The maximum Gasteiger partial charge on any atom is 0.230 e. The lowest BCUT2D eigenvalue weighted by Crippen LogP contribution is -2.48. The Hall–Kier alpha value is -1.35. The molecule has 3 rings (SSSR count). The predicted molar refractivity (Wildman–Crippen MR) is 73.9 cm³/mol. The number of hydrogen-bond donors (Lipinski definition) is 1. The zero-order valence-corrected chi connectivity index (χ0v) is 11.4. The molecule has 1 amide bonds. The van der Waals surface area contributed by atoms with Crippen molar-refractivity contribution < 1.29 is 9.90 Å². The second-order valence-corrected chi connectivity index (χ2v) is 5.76. The average molecular weight is 259 g/mol. The first-order chi connectivity index (χ1) is 9.20. The van der Waals surface area contributed by atoms with Crippen molar-refractivity contribution >= 4 is 5.91 Å². The summed E-state index contributed by atoms with van der Waals surface area (Å²) in [4.78, 5) is 14.5. The fourth-order valence-corrected chi connectivity index (χ4v) is 3.32. The number of likely N-dealkylation sites (tertiary alicyclic amines) is 1. The van der Waals surface area contributed by atoms with Gasteiger partial charge < -0.3 is 10.0 Å². The summed E-state index contributed by atoms with van der Waals surface area (Å²) in [6.45, 7) is 3.50. The highest BCUT2D eigenvalue weighted by molar-refractivity contribution is 5.87. The molecule has 0 spiro atoms. The van der Waals surface area contributed by atoms with Crippen LogP contribution in [0.25, 0.3) is 0 Å². The second kappa shape index (κ2) is 4.97. The predicted octanol–water partition coefficient (Wildman–Crippen LogP) is 1.95. The largest absolute Gasteiger partial charge is 0.393 e. The Bertz CT molecular complexity index is 485. The van der Waals surface area contributed by atoms with E-state index in [0.717, 1.165) is 25.8 Å². The normalized spacial score (nSPS) is 29.6. The van der Waals surface area contributed by atoms with Gasteiger partial charge in [0.2, 0.25) is 5.91 Å². The van der Waals surface area contributed by atoms with E-state index in [9.17, 15) is 9.90 Å². The minimum atomic E-state index is -0.234. The molecule has 0 saturated carbocycles. The lowest BCUT2D eigenvalue weighted by atomic mass is 9.76. The van der Waals surface area contributed by atoms with Crippen LogP contribution >= 0.6 is 0 Å². The van der Waals surface area contributed by atoms with E-state index in [-0.39, 0.29) is 23.8 Å². The van der Waals surface area contributed by atoms with Gasteiger partial charge in [0.15, 0.2) is 0 Å². The summed E-state index contributed by atoms with van der Waals surface area (Å²) < 4.78 is 0. The van der Waals surface area contributed by atoms with Crippen LogP contribution in [0.3, 0.4) is 0 Å². The fraction of sp³-hybridized carbons (Fsp3) is 0.562. The smallest absolute Gasteiger partial charge is 0.230 e. The lowest BCUT2D eigenvalue weighted by molar-refractivity contribution is -0.137. The Morgan fingerprint density at radius 2 is 2.21 bits per heavy atom. The van der Waals surface area contributed by atoms with Crippen LogP contribution in [0.15, 0.2) is 24.3 Å². The fourth-order valence-electron chi connectivity index (χ4n) is 3.32. The van der Waals surface area contributed by atoms with Crippen LogP contribution in [0.4, 0.5) is 0 Å². The van der Waals surface area contributed by atoms with Crippen LogP contribution in [0.1, 0.15) is 36.8 Å². The molecule has 1 saturated heterocycles. The maximum atomic E-state index is 12.6. The molecule has 3 nitrogen and oxygen atoms in total. The van der Waals surface area contributed by atoms with E-state index < -0.39 is 0 Å². The molecule has 1 aliphatic heterocycles. The molecule has 2 aliphatic rings. The quantitative estimate of drug-likeness (QED) is 0.882. The van der Waals surface area contributed by atoms with E-state index in [4.69, 9.17) is 0 Å². The summed E-state index contributed by atoms with van der Waals surface area (Å²) >= 11 is 0. The molecule has 1 heterocycles. The third-order valence-corrected chi connectivity index (χ3v) is 4.68. The van der Waals surface area contributed by atoms with Crippen molar-refractivity contribution in [1.29, 1.82) is 0 Å². The van der Waals surface area contributed by atoms with Crippen LogP contribution in [-0.2, 0) is 11.2 Å². The SMILES string of the molecule is CCC1CN(C(=O)C2Cc3ccccc32)CCC1O. The van der Waals surface area contributed by atoms with E-state index in [1.807, 2.05) is 17.0 Å². The van der Waals surface area contributed by atoms with Gasteiger partial charge in [0.05, 0.1) is 12.0 Å². The van der Waals surface area contributed by atoms with Gasteiger partial charge in [-0.1, -0.05) is 31.2 Å². The number of amides is 1. The molecule has 1 aliphatic carbocycles. The molecule has 0 radical (unpaired) electrons. The van der Waals surface area contributed by atoms with Gasteiger partial charge >= 0.3 is 0 Å². The first kappa shape index (κ1) is 12.7. The Morgan fingerprint density at radius 3 is 2.95 bits per heavy atom. The molecule has 3 unspecified atom stereocenters. The van der Waals surface area contributed by atoms with E-state index >= 15 is 0 Å². The zero-order valence-electron chi connectivity index (χ0n) is 11.4. The highest BCUT2D eigenvalue weighted by atomic mass is 16.3. The second-order valence-electron chi connectivity index (χ2n) is 5.76. The van der Waals surface area contributed by atoms with E-state index in [1.165, 1.54) is 11.1 Å². The zero-order chi connectivity index (χ0) is 13.4. The molecular weight excluding hydrogens is 238 g/mol. The summed E-state index contributed by atoms with van der Waals surface area (Å²) in [6.07, 6.45) is 2.30. The molecule has 19 heavy (non-hydrogen) atoms. The molecule has 3 atom stereocenters. The summed E-state index contributed by atoms with van der Waals surface area (Å²) in [6, 6.07) is 8.21. The number of aliphatic hydroxyl groups is 1. The Morgan fingerprint density at radius 1 is 1.42 bits per heavy atom. The van der Waals surface area contributed by atoms with Crippen molar-refractivity contribution in [3.05, 3.63) is 35.4 Å². The van der Waals surface area contributed by atoms with Crippen molar-refractivity contribution in [3.8, 4) is 0 Å². The topological polar surface area (TPSA) is 40.5 Å². The number of nitrogens with zero attached hydrogens (tertiary/aromatic N) is 1.